The minimum absolute atomic E-state index is 0.0391. The molecule has 1 aliphatic rings. The SMILES string of the molecule is Cc1cc(Oc2cccc(F)c2F)ccc1N1NCC(=C(O)c2cc3c(Cc4cccc(C#N)c4)cccc3[nH]2)C1=N. The van der Waals surface area contributed by atoms with E-state index in [-0.39, 0.29) is 23.9 Å². The third-order valence-corrected chi connectivity index (χ3v) is 7.22. The summed E-state index contributed by atoms with van der Waals surface area (Å²) in [5.74, 6) is -1.92. The van der Waals surface area contributed by atoms with E-state index in [1.165, 1.54) is 12.1 Å². The molecule has 0 atom stereocenters. The summed E-state index contributed by atoms with van der Waals surface area (Å²) in [6.45, 7) is 2.03. The number of aliphatic hydroxyl groups excluding tert-OH is 1. The standard InChI is InChI=1S/C33H25F2N5O2/c1-19-13-23(42-30-10-4-8-26(34)31(30)35)11-12-29(19)40-33(37)25(18-38-40)32(41)28-16-24-22(7-3-9-27(24)39-28)15-20-5-2-6-21(14-20)17-36/h2-14,16,37-39,41H,15,18H2,1H3. The number of amidine groups is 1. The fraction of sp³-hybridized carbons (Fsp3) is 0.0909. The van der Waals surface area contributed by atoms with Gasteiger partial charge in [-0.3, -0.25) is 10.4 Å². The van der Waals surface area contributed by atoms with Crippen LogP contribution in [-0.4, -0.2) is 22.5 Å². The van der Waals surface area contributed by atoms with E-state index in [0.717, 1.165) is 33.7 Å². The predicted octanol–water partition coefficient (Wildman–Crippen LogP) is 7.28. The average Bonchev–Trinajstić information content (AvgIpc) is 3.60. The maximum absolute atomic E-state index is 14.1. The Balaban J connectivity index is 1.25. The highest BCUT2D eigenvalue weighted by molar-refractivity contribution is 6.13. The van der Waals surface area contributed by atoms with Crippen molar-refractivity contribution in [2.24, 2.45) is 0 Å². The molecular formula is C33H25F2N5O2. The summed E-state index contributed by atoms with van der Waals surface area (Å²) >= 11 is 0. The van der Waals surface area contributed by atoms with Crippen LogP contribution in [0, 0.1) is 35.3 Å². The van der Waals surface area contributed by atoms with Crippen molar-refractivity contribution >= 4 is 28.2 Å². The van der Waals surface area contributed by atoms with E-state index >= 15 is 0 Å². The molecular weight excluding hydrogens is 536 g/mol. The third kappa shape index (κ3) is 4.96. The van der Waals surface area contributed by atoms with Gasteiger partial charge < -0.3 is 14.8 Å². The Hall–Kier alpha value is -5.46. The van der Waals surface area contributed by atoms with E-state index in [0.29, 0.717) is 34.7 Å². The largest absolute Gasteiger partial charge is 0.505 e. The second-order valence-corrected chi connectivity index (χ2v) is 10.00. The van der Waals surface area contributed by atoms with Crippen LogP contribution >= 0.6 is 0 Å². The second kappa shape index (κ2) is 10.8. The molecule has 7 nitrogen and oxygen atoms in total. The number of anilines is 1. The lowest BCUT2D eigenvalue weighted by Gasteiger charge is -2.20. The number of aryl methyl sites for hydroxylation is 1. The van der Waals surface area contributed by atoms with Crippen molar-refractivity contribution in [1.82, 2.24) is 10.4 Å². The molecule has 4 aromatic carbocycles. The minimum atomic E-state index is -1.07. The highest BCUT2D eigenvalue weighted by Crippen LogP contribution is 2.33. The number of benzene rings is 4. The van der Waals surface area contributed by atoms with Crippen molar-refractivity contribution in [3.8, 4) is 17.6 Å². The van der Waals surface area contributed by atoms with Crippen molar-refractivity contribution in [1.29, 1.82) is 10.7 Å². The molecule has 208 valence electrons. The van der Waals surface area contributed by atoms with Gasteiger partial charge in [-0.15, -0.1) is 0 Å². The lowest BCUT2D eigenvalue weighted by molar-refractivity contribution is 0.416. The summed E-state index contributed by atoms with van der Waals surface area (Å²) in [7, 11) is 0. The van der Waals surface area contributed by atoms with Crippen LogP contribution in [0.3, 0.4) is 0 Å². The first-order chi connectivity index (χ1) is 20.3. The third-order valence-electron chi connectivity index (χ3n) is 7.22. The fourth-order valence-electron chi connectivity index (χ4n) is 5.12. The van der Waals surface area contributed by atoms with Crippen LogP contribution in [0.4, 0.5) is 14.5 Å². The first-order valence-corrected chi connectivity index (χ1v) is 13.2. The molecule has 9 heteroatoms. The Morgan fingerprint density at radius 2 is 1.86 bits per heavy atom. The Morgan fingerprint density at radius 3 is 2.67 bits per heavy atom. The van der Waals surface area contributed by atoms with Gasteiger partial charge in [0.15, 0.2) is 11.6 Å². The fourth-order valence-corrected chi connectivity index (χ4v) is 5.12. The Bertz CT molecular complexity index is 1940. The number of ether oxygens (including phenoxy) is 1. The van der Waals surface area contributed by atoms with Crippen molar-refractivity contribution < 1.29 is 18.6 Å². The number of hydrazine groups is 1. The van der Waals surface area contributed by atoms with Gasteiger partial charge in [0.1, 0.15) is 17.3 Å². The van der Waals surface area contributed by atoms with E-state index in [4.69, 9.17) is 10.1 Å². The molecule has 1 aliphatic heterocycles. The Morgan fingerprint density at radius 1 is 1.05 bits per heavy atom. The Labute approximate surface area is 240 Å². The number of rotatable bonds is 6. The van der Waals surface area contributed by atoms with Gasteiger partial charge >= 0.3 is 0 Å². The molecule has 0 bridgehead atoms. The van der Waals surface area contributed by atoms with Crippen LogP contribution in [0.25, 0.3) is 16.7 Å². The summed E-state index contributed by atoms with van der Waals surface area (Å²) in [6.07, 6.45) is 0.622. The molecule has 5 aromatic rings. The molecule has 4 N–H and O–H groups in total. The van der Waals surface area contributed by atoms with Crippen LogP contribution in [0.1, 0.15) is 27.9 Å². The van der Waals surface area contributed by atoms with Gasteiger partial charge in [0.25, 0.3) is 0 Å². The van der Waals surface area contributed by atoms with Crippen LogP contribution in [0.15, 0.2) is 90.5 Å². The number of fused-ring (bicyclic) bond motifs is 1. The lowest BCUT2D eigenvalue weighted by Crippen LogP contribution is -2.34. The van der Waals surface area contributed by atoms with Gasteiger partial charge in [-0.1, -0.05) is 30.3 Å². The monoisotopic (exact) mass is 561 g/mol. The molecule has 0 radical (unpaired) electrons. The number of hydrogen-bond donors (Lipinski definition) is 4. The highest BCUT2D eigenvalue weighted by Gasteiger charge is 2.29. The number of aromatic nitrogens is 1. The van der Waals surface area contributed by atoms with E-state index < -0.39 is 11.6 Å². The van der Waals surface area contributed by atoms with Gasteiger partial charge in [-0.25, -0.2) is 9.82 Å². The number of hydrogen-bond acceptors (Lipinski definition) is 5. The molecule has 1 aromatic heterocycles. The maximum Gasteiger partial charge on any atom is 0.201 e. The number of halogens is 2. The van der Waals surface area contributed by atoms with Gasteiger partial charge in [-0.05, 0) is 84.6 Å². The molecule has 1 saturated heterocycles. The predicted molar refractivity (Wildman–Crippen MR) is 158 cm³/mol. The van der Waals surface area contributed by atoms with Crippen molar-refractivity contribution in [3.05, 3.63) is 130 Å². The normalized spacial score (nSPS) is 14.3. The molecule has 0 spiro atoms. The van der Waals surface area contributed by atoms with Crippen LogP contribution < -0.4 is 15.2 Å². The van der Waals surface area contributed by atoms with Gasteiger partial charge in [0, 0.05) is 17.4 Å². The quantitative estimate of drug-likeness (QED) is 0.163. The maximum atomic E-state index is 14.1. The summed E-state index contributed by atoms with van der Waals surface area (Å²) in [5.41, 5.74) is 8.91. The van der Waals surface area contributed by atoms with Gasteiger partial charge in [0.05, 0.1) is 28.6 Å². The molecule has 1 fully saturated rings. The zero-order chi connectivity index (χ0) is 29.4. The average molecular weight is 562 g/mol. The number of nitrogens with one attached hydrogen (secondary N) is 3. The Kier molecular flexibility index (Phi) is 6.90. The number of nitrogens with zero attached hydrogens (tertiary/aromatic N) is 2. The topological polar surface area (TPSA) is 108 Å². The summed E-state index contributed by atoms with van der Waals surface area (Å²) < 4.78 is 33.2. The first-order valence-electron chi connectivity index (χ1n) is 13.2. The van der Waals surface area contributed by atoms with Gasteiger partial charge in [0.2, 0.25) is 5.82 Å². The van der Waals surface area contributed by atoms with Crippen LogP contribution in [0.5, 0.6) is 11.5 Å². The van der Waals surface area contributed by atoms with E-state index in [1.807, 2.05) is 49.4 Å². The first kappa shape index (κ1) is 26.7. The zero-order valence-electron chi connectivity index (χ0n) is 22.5. The minimum Gasteiger partial charge on any atom is -0.505 e. The zero-order valence-corrected chi connectivity index (χ0v) is 22.5. The molecule has 0 aliphatic carbocycles. The molecule has 42 heavy (non-hydrogen) atoms. The van der Waals surface area contributed by atoms with Crippen LogP contribution in [-0.2, 0) is 6.42 Å². The highest BCUT2D eigenvalue weighted by atomic mass is 19.2. The molecule has 0 unspecified atom stereocenters. The lowest BCUT2D eigenvalue weighted by atomic mass is 10.00. The number of aromatic amines is 1. The summed E-state index contributed by atoms with van der Waals surface area (Å²) in [4.78, 5) is 3.27. The van der Waals surface area contributed by atoms with Crippen LogP contribution in [0.2, 0.25) is 0 Å². The van der Waals surface area contributed by atoms with Gasteiger partial charge in [-0.2, -0.15) is 9.65 Å². The second-order valence-electron chi connectivity index (χ2n) is 10.00. The molecule has 0 amide bonds. The summed E-state index contributed by atoms with van der Waals surface area (Å²) in [5, 5.41) is 31.8. The number of aliphatic hydroxyl groups is 1. The molecule has 6 rings (SSSR count). The molecule has 2 heterocycles. The number of nitriles is 1. The molecule has 0 saturated carbocycles. The van der Waals surface area contributed by atoms with E-state index in [1.54, 1.807) is 29.3 Å². The number of H-pyrrole nitrogens is 1. The smallest absolute Gasteiger partial charge is 0.201 e. The van der Waals surface area contributed by atoms with Crippen molar-refractivity contribution in [3.63, 3.8) is 0 Å². The van der Waals surface area contributed by atoms with Crippen molar-refractivity contribution in [2.45, 2.75) is 13.3 Å². The van der Waals surface area contributed by atoms with Crippen molar-refractivity contribution in [2.75, 3.05) is 11.6 Å². The van der Waals surface area contributed by atoms with E-state index in [9.17, 15) is 19.1 Å². The summed E-state index contributed by atoms with van der Waals surface area (Å²) in [6, 6.07) is 26.1. The van der Waals surface area contributed by atoms with E-state index in [2.05, 4.69) is 16.5 Å².